The lowest BCUT2D eigenvalue weighted by atomic mass is 10.0. The molecule has 0 saturated carbocycles. The van der Waals surface area contributed by atoms with E-state index < -0.39 is 23.2 Å². The van der Waals surface area contributed by atoms with Crippen LogP contribution in [-0.2, 0) is 0 Å². The Hall–Kier alpha value is -2.30. The van der Waals surface area contributed by atoms with E-state index in [9.17, 15) is 18.0 Å². The molecule has 0 aliphatic carbocycles. The maximum absolute atomic E-state index is 13.9. The van der Waals surface area contributed by atoms with Crippen molar-refractivity contribution in [3.8, 4) is 5.75 Å². The molecule has 2 aromatic rings. The Labute approximate surface area is 107 Å². The summed E-state index contributed by atoms with van der Waals surface area (Å²) in [4.78, 5) is 12.0. The van der Waals surface area contributed by atoms with Gasteiger partial charge in [-0.1, -0.05) is 6.07 Å². The third-order valence-electron chi connectivity index (χ3n) is 2.61. The summed E-state index contributed by atoms with van der Waals surface area (Å²) in [5.74, 6) is -3.89. The van der Waals surface area contributed by atoms with Crippen molar-refractivity contribution in [1.82, 2.24) is 0 Å². The van der Waals surface area contributed by atoms with Crippen LogP contribution in [0.1, 0.15) is 15.9 Å². The lowest BCUT2D eigenvalue weighted by molar-refractivity contribution is 0.103. The summed E-state index contributed by atoms with van der Waals surface area (Å²) in [6, 6.07) is 6.70. The highest BCUT2D eigenvalue weighted by molar-refractivity contribution is 6.09. The smallest absolute Gasteiger partial charge is 0.196 e. The van der Waals surface area contributed by atoms with Crippen LogP contribution in [0, 0.1) is 17.5 Å². The Bertz CT molecular complexity index is 639. The summed E-state index contributed by atoms with van der Waals surface area (Å²) in [6.45, 7) is 0. The summed E-state index contributed by atoms with van der Waals surface area (Å²) >= 11 is 0. The molecular formula is C14H9F3O2. The minimum atomic E-state index is -1.16. The second-order valence-electron chi connectivity index (χ2n) is 3.78. The highest BCUT2D eigenvalue weighted by Crippen LogP contribution is 2.23. The van der Waals surface area contributed by atoms with Crippen LogP contribution in [0.4, 0.5) is 13.2 Å². The lowest BCUT2D eigenvalue weighted by Gasteiger charge is -2.06. The number of hydrogen-bond acceptors (Lipinski definition) is 2. The van der Waals surface area contributed by atoms with Gasteiger partial charge >= 0.3 is 0 Å². The predicted molar refractivity (Wildman–Crippen MR) is 62.7 cm³/mol. The molecule has 0 atom stereocenters. The van der Waals surface area contributed by atoms with E-state index in [1.165, 1.54) is 25.3 Å². The van der Waals surface area contributed by atoms with Gasteiger partial charge in [-0.25, -0.2) is 13.2 Å². The van der Waals surface area contributed by atoms with Crippen molar-refractivity contribution in [2.45, 2.75) is 0 Å². The van der Waals surface area contributed by atoms with Gasteiger partial charge in [-0.15, -0.1) is 0 Å². The van der Waals surface area contributed by atoms with E-state index in [1.807, 2.05) is 0 Å². The average molecular weight is 266 g/mol. The molecule has 0 unspecified atom stereocenters. The molecule has 5 heteroatoms. The zero-order valence-electron chi connectivity index (χ0n) is 9.91. The number of ketones is 1. The molecule has 0 heterocycles. The summed E-state index contributed by atoms with van der Waals surface area (Å²) < 4.78 is 44.5. The van der Waals surface area contributed by atoms with Gasteiger partial charge in [0.2, 0.25) is 0 Å². The Morgan fingerprint density at radius 3 is 2.42 bits per heavy atom. The quantitative estimate of drug-likeness (QED) is 0.796. The van der Waals surface area contributed by atoms with Gasteiger partial charge in [0, 0.05) is 5.56 Å². The predicted octanol–water partition coefficient (Wildman–Crippen LogP) is 3.34. The number of ether oxygens (including phenoxy) is 1. The molecule has 2 rings (SSSR count). The van der Waals surface area contributed by atoms with E-state index in [2.05, 4.69) is 0 Å². The molecule has 0 aliphatic heterocycles. The number of halogens is 3. The first-order valence-electron chi connectivity index (χ1n) is 5.37. The highest BCUT2D eigenvalue weighted by atomic mass is 19.2. The fourth-order valence-corrected chi connectivity index (χ4v) is 1.64. The van der Waals surface area contributed by atoms with Gasteiger partial charge in [0.25, 0.3) is 0 Å². The molecule has 0 N–H and O–H groups in total. The molecule has 0 radical (unpaired) electrons. The van der Waals surface area contributed by atoms with Crippen LogP contribution in [0.15, 0.2) is 36.4 Å². The fourth-order valence-electron chi connectivity index (χ4n) is 1.64. The molecule has 2 aromatic carbocycles. The first-order valence-corrected chi connectivity index (χ1v) is 5.37. The van der Waals surface area contributed by atoms with Gasteiger partial charge in [0.1, 0.15) is 0 Å². The molecule has 0 bridgehead atoms. The van der Waals surface area contributed by atoms with Gasteiger partial charge in [-0.2, -0.15) is 0 Å². The van der Waals surface area contributed by atoms with Crippen LogP contribution in [0.25, 0.3) is 0 Å². The van der Waals surface area contributed by atoms with Crippen molar-refractivity contribution in [2.75, 3.05) is 7.11 Å². The van der Waals surface area contributed by atoms with Crippen molar-refractivity contribution >= 4 is 5.78 Å². The zero-order valence-corrected chi connectivity index (χ0v) is 9.91. The van der Waals surface area contributed by atoms with Gasteiger partial charge in [-0.3, -0.25) is 4.79 Å². The molecule has 0 amide bonds. The second kappa shape index (κ2) is 5.14. The minimum Gasteiger partial charge on any atom is -0.494 e. The van der Waals surface area contributed by atoms with E-state index in [4.69, 9.17) is 4.74 Å². The van der Waals surface area contributed by atoms with Crippen LogP contribution < -0.4 is 4.74 Å². The third-order valence-corrected chi connectivity index (χ3v) is 2.61. The summed E-state index contributed by atoms with van der Waals surface area (Å²) in [5, 5.41) is 0. The van der Waals surface area contributed by atoms with Crippen molar-refractivity contribution in [3.05, 3.63) is 65.0 Å². The number of carbonyl (C=O) groups excluding carboxylic acids is 1. The van der Waals surface area contributed by atoms with Crippen molar-refractivity contribution in [3.63, 3.8) is 0 Å². The van der Waals surface area contributed by atoms with Gasteiger partial charge in [0.05, 0.1) is 12.7 Å². The van der Waals surface area contributed by atoms with E-state index in [0.717, 1.165) is 18.2 Å². The van der Waals surface area contributed by atoms with Gasteiger partial charge < -0.3 is 4.74 Å². The molecule has 0 aromatic heterocycles. The van der Waals surface area contributed by atoms with Crippen LogP contribution in [-0.4, -0.2) is 12.9 Å². The fraction of sp³-hybridized carbons (Fsp3) is 0.0714. The first-order chi connectivity index (χ1) is 9.04. The number of methoxy groups -OCH3 is 1. The van der Waals surface area contributed by atoms with E-state index in [-0.39, 0.29) is 16.9 Å². The molecule has 0 spiro atoms. The number of carbonyl (C=O) groups is 1. The Kier molecular flexibility index (Phi) is 3.55. The molecule has 19 heavy (non-hydrogen) atoms. The SMILES string of the molecule is COc1cccc(C(=O)c2ccc(F)c(F)c2)c1F. The third kappa shape index (κ3) is 2.45. The summed E-state index contributed by atoms with van der Waals surface area (Å²) in [6.07, 6.45) is 0. The maximum Gasteiger partial charge on any atom is 0.196 e. The van der Waals surface area contributed by atoms with Crippen LogP contribution >= 0.6 is 0 Å². The Morgan fingerprint density at radius 2 is 1.79 bits per heavy atom. The van der Waals surface area contributed by atoms with Crippen molar-refractivity contribution in [1.29, 1.82) is 0 Å². The summed E-state index contributed by atoms with van der Waals surface area (Å²) in [7, 11) is 1.27. The topological polar surface area (TPSA) is 26.3 Å². The van der Waals surface area contributed by atoms with E-state index in [0.29, 0.717) is 0 Å². The molecule has 0 saturated heterocycles. The maximum atomic E-state index is 13.9. The highest BCUT2D eigenvalue weighted by Gasteiger charge is 2.18. The number of hydrogen-bond donors (Lipinski definition) is 0. The van der Waals surface area contributed by atoms with Gasteiger partial charge in [0.15, 0.2) is 29.0 Å². The van der Waals surface area contributed by atoms with Crippen LogP contribution in [0.3, 0.4) is 0 Å². The number of benzene rings is 2. The van der Waals surface area contributed by atoms with Crippen LogP contribution in [0.2, 0.25) is 0 Å². The van der Waals surface area contributed by atoms with Crippen molar-refractivity contribution in [2.24, 2.45) is 0 Å². The average Bonchev–Trinajstić information content (AvgIpc) is 2.41. The van der Waals surface area contributed by atoms with Gasteiger partial charge in [-0.05, 0) is 30.3 Å². The molecule has 98 valence electrons. The van der Waals surface area contributed by atoms with Crippen molar-refractivity contribution < 1.29 is 22.7 Å². The molecular weight excluding hydrogens is 257 g/mol. The normalized spacial score (nSPS) is 10.3. The Balaban J connectivity index is 2.47. The Morgan fingerprint density at radius 1 is 1.05 bits per heavy atom. The molecule has 0 fully saturated rings. The standard InChI is InChI=1S/C14H9F3O2/c1-19-12-4-2-3-9(13(12)17)14(18)8-5-6-10(15)11(16)7-8/h2-7H,1H3. The molecule has 2 nitrogen and oxygen atoms in total. The first kappa shape index (κ1) is 13.1. The van der Waals surface area contributed by atoms with Crippen LogP contribution in [0.5, 0.6) is 5.75 Å². The zero-order chi connectivity index (χ0) is 14.0. The summed E-state index contributed by atoms with van der Waals surface area (Å²) in [5.41, 5.74) is -0.392. The van der Waals surface area contributed by atoms with E-state index >= 15 is 0 Å². The molecule has 0 aliphatic rings. The minimum absolute atomic E-state index is 0.0894. The largest absolute Gasteiger partial charge is 0.494 e. The monoisotopic (exact) mass is 266 g/mol. The second-order valence-corrected chi connectivity index (χ2v) is 3.78. The number of rotatable bonds is 3. The lowest BCUT2D eigenvalue weighted by Crippen LogP contribution is -2.06. The van der Waals surface area contributed by atoms with E-state index in [1.54, 1.807) is 0 Å².